The standard InChI is InChI=1S/C21H26ClN3O/c22-18-5-1-4-17(13-18)21(15-23)10-8-19(9-11-21)25-20(26)7-6-16-3-2-12-24-14-16/h1-5,12-14,19H,6-11,15,23H2,(H,25,26). The molecule has 4 nitrogen and oxygen atoms in total. The predicted molar refractivity (Wildman–Crippen MR) is 105 cm³/mol. The number of nitrogens with two attached hydrogens (primary N) is 1. The van der Waals surface area contributed by atoms with Crippen LogP contribution in [0.25, 0.3) is 0 Å². The van der Waals surface area contributed by atoms with Gasteiger partial charge in [0, 0.05) is 41.8 Å². The lowest BCUT2D eigenvalue weighted by Gasteiger charge is -2.40. The van der Waals surface area contributed by atoms with Crippen molar-refractivity contribution in [2.45, 2.75) is 50.0 Å². The van der Waals surface area contributed by atoms with Gasteiger partial charge in [-0.05, 0) is 61.4 Å². The lowest BCUT2D eigenvalue weighted by molar-refractivity contribution is -0.122. The number of pyridine rings is 1. The van der Waals surface area contributed by atoms with Crippen LogP contribution in [-0.2, 0) is 16.6 Å². The summed E-state index contributed by atoms with van der Waals surface area (Å²) in [5, 5.41) is 3.94. The first kappa shape index (κ1) is 18.9. The number of halogens is 1. The Hall–Kier alpha value is -1.91. The number of amides is 1. The van der Waals surface area contributed by atoms with Gasteiger partial charge in [-0.25, -0.2) is 0 Å². The predicted octanol–water partition coefficient (Wildman–Crippen LogP) is 3.62. The highest BCUT2D eigenvalue weighted by Crippen LogP contribution is 2.39. The average molecular weight is 372 g/mol. The van der Waals surface area contributed by atoms with Crippen LogP contribution in [0.15, 0.2) is 48.8 Å². The summed E-state index contributed by atoms with van der Waals surface area (Å²) < 4.78 is 0. The van der Waals surface area contributed by atoms with E-state index < -0.39 is 0 Å². The second kappa shape index (κ2) is 8.65. The van der Waals surface area contributed by atoms with Crippen LogP contribution >= 0.6 is 11.6 Å². The van der Waals surface area contributed by atoms with Gasteiger partial charge in [0.25, 0.3) is 0 Å². The lowest BCUT2D eigenvalue weighted by Crippen LogP contribution is -2.45. The number of aryl methyl sites for hydroxylation is 1. The van der Waals surface area contributed by atoms with Gasteiger partial charge in [-0.1, -0.05) is 29.8 Å². The molecule has 1 aromatic heterocycles. The molecule has 1 aliphatic carbocycles. The van der Waals surface area contributed by atoms with Gasteiger partial charge in [-0.2, -0.15) is 0 Å². The molecule has 138 valence electrons. The van der Waals surface area contributed by atoms with E-state index >= 15 is 0 Å². The van der Waals surface area contributed by atoms with Gasteiger partial charge in [0.2, 0.25) is 5.91 Å². The second-order valence-corrected chi connectivity index (χ2v) is 7.63. The Morgan fingerprint density at radius 1 is 1.27 bits per heavy atom. The van der Waals surface area contributed by atoms with Crippen molar-refractivity contribution < 1.29 is 4.79 Å². The first-order chi connectivity index (χ1) is 12.6. The minimum Gasteiger partial charge on any atom is -0.353 e. The normalized spacial score (nSPS) is 22.8. The molecule has 1 fully saturated rings. The maximum absolute atomic E-state index is 12.3. The Kier molecular flexibility index (Phi) is 6.28. The van der Waals surface area contributed by atoms with Gasteiger partial charge in [0.15, 0.2) is 0 Å². The molecular formula is C21H26ClN3O. The molecule has 0 aliphatic heterocycles. The smallest absolute Gasteiger partial charge is 0.220 e. The number of nitrogens with zero attached hydrogens (tertiary/aromatic N) is 1. The third kappa shape index (κ3) is 4.63. The van der Waals surface area contributed by atoms with Crippen LogP contribution in [0.1, 0.15) is 43.2 Å². The van der Waals surface area contributed by atoms with Crippen molar-refractivity contribution in [2.75, 3.05) is 6.54 Å². The molecule has 0 unspecified atom stereocenters. The molecule has 1 saturated carbocycles. The summed E-state index contributed by atoms with van der Waals surface area (Å²) in [6, 6.07) is 12.2. The van der Waals surface area contributed by atoms with Gasteiger partial charge in [-0.3, -0.25) is 9.78 Å². The summed E-state index contributed by atoms with van der Waals surface area (Å²) in [5.74, 6) is 0.113. The highest BCUT2D eigenvalue weighted by Gasteiger charge is 2.36. The molecule has 0 saturated heterocycles. The van der Waals surface area contributed by atoms with Gasteiger partial charge >= 0.3 is 0 Å². The number of hydrogen-bond acceptors (Lipinski definition) is 3. The first-order valence-electron chi connectivity index (χ1n) is 9.26. The summed E-state index contributed by atoms with van der Waals surface area (Å²) in [7, 11) is 0. The quantitative estimate of drug-likeness (QED) is 0.814. The summed E-state index contributed by atoms with van der Waals surface area (Å²) >= 11 is 6.16. The highest BCUT2D eigenvalue weighted by atomic mass is 35.5. The molecule has 0 atom stereocenters. The molecule has 0 radical (unpaired) electrons. The molecule has 2 aromatic rings. The average Bonchev–Trinajstić information content (AvgIpc) is 2.68. The Morgan fingerprint density at radius 3 is 2.73 bits per heavy atom. The van der Waals surface area contributed by atoms with E-state index in [1.54, 1.807) is 6.20 Å². The molecule has 3 rings (SSSR count). The van der Waals surface area contributed by atoms with E-state index in [0.717, 1.165) is 42.7 Å². The van der Waals surface area contributed by atoms with E-state index in [0.29, 0.717) is 13.0 Å². The van der Waals surface area contributed by atoms with Crippen LogP contribution < -0.4 is 11.1 Å². The van der Waals surface area contributed by atoms with E-state index in [1.165, 1.54) is 5.56 Å². The van der Waals surface area contributed by atoms with Crippen molar-refractivity contribution >= 4 is 17.5 Å². The molecule has 5 heteroatoms. The third-order valence-corrected chi connectivity index (χ3v) is 5.73. The van der Waals surface area contributed by atoms with Crippen LogP contribution in [-0.4, -0.2) is 23.5 Å². The van der Waals surface area contributed by atoms with Gasteiger partial charge in [-0.15, -0.1) is 0 Å². The van der Waals surface area contributed by atoms with Crippen LogP contribution in [0.4, 0.5) is 0 Å². The number of hydrogen-bond donors (Lipinski definition) is 2. The number of benzene rings is 1. The van der Waals surface area contributed by atoms with E-state index in [2.05, 4.69) is 16.4 Å². The van der Waals surface area contributed by atoms with E-state index in [9.17, 15) is 4.79 Å². The summed E-state index contributed by atoms with van der Waals surface area (Å²) in [6.07, 6.45) is 8.61. The molecular weight excluding hydrogens is 346 g/mol. The number of carbonyl (C=O) groups excluding carboxylic acids is 1. The number of rotatable bonds is 6. The topological polar surface area (TPSA) is 68.0 Å². The fourth-order valence-corrected chi connectivity index (χ4v) is 4.04. The molecule has 0 bridgehead atoms. The van der Waals surface area contributed by atoms with Gasteiger partial charge < -0.3 is 11.1 Å². The molecule has 1 aromatic carbocycles. The zero-order valence-corrected chi connectivity index (χ0v) is 15.7. The molecule has 1 heterocycles. The summed E-state index contributed by atoms with van der Waals surface area (Å²) in [4.78, 5) is 16.3. The Bertz CT molecular complexity index is 727. The van der Waals surface area contributed by atoms with Gasteiger partial charge in [0.05, 0.1) is 0 Å². The SMILES string of the molecule is NCC1(c2cccc(Cl)c2)CCC(NC(=O)CCc2cccnc2)CC1. The van der Waals surface area contributed by atoms with Crippen LogP contribution in [0.5, 0.6) is 0 Å². The second-order valence-electron chi connectivity index (χ2n) is 7.20. The Balaban J connectivity index is 1.52. The molecule has 1 aliphatic rings. The van der Waals surface area contributed by atoms with E-state index in [1.807, 2.05) is 36.5 Å². The van der Waals surface area contributed by atoms with Crippen LogP contribution in [0.3, 0.4) is 0 Å². The first-order valence-corrected chi connectivity index (χ1v) is 9.63. The Labute approximate surface area is 160 Å². The van der Waals surface area contributed by atoms with Crippen molar-refractivity contribution in [3.8, 4) is 0 Å². The third-order valence-electron chi connectivity index (χ3n) is 5.50. The zero-order chi connectivity index (χ0) is 18.4. The minimum absolute atomic E-state index is 0.0260. The maximum atomic E-state index is 12.3. The van der Waals surface area contributed by atoms with E-state index in [4.69, 9.17) is 17.3 Å². The number of carbonyl (C=O) groups is 1. The summed E-state index contributed by atoms with van der Waals surface area (Å²) in [5.41, 5.74) is 8.43. The number of nitrogens with one attached hydrogen (secondary N) is 1. The zero-order valence-electron chi connectivity index (χ0n) is 15.0. The van der Waals surface area contributed by atoms with Crippen LogP contribution in [0.2, 0.25) is 5.02 Å². The molecule has 1 amide bonds. The molecule has 3 N–H and O–H groups in total. The molecule has 0 spiro atoms. The fourth-order valence-electron chi connectivity index (χ4n) is 3.85. The largest absolute Gasteiger partial charge is 0.353 e. The van der Waals surface area contributed by atoms with Crippen molar-refractivity contribution in [1.29, 1.82) is 0 Å². The Morgan fingerprint density at radius 2 is 2.08 bits per heavy atom. The lowest BCUT2D eigenvalue weighted by atomic mass is 9.68. The van der Waals surface area contributed by atoms with Crippen molar-refractivity contribution in [2.24, 2.45) is 5.73 Å². The van der Waals surface area contributed by atoms with Crippen molar-refractivity contribution in [1.82, 2.24) is 10.3 Å². The summed E-state index contributed by atoms with van der Waals surface area (Å²) in [6.45, 7) is 0.606. The molecule has 26 heavy (non-hydrogen) atoms. The highest BCUT2D eigenvalue weighted by molar-refractivity contribution is 6.30. The van der Waals surface area contributed by atoms with Gasteiger partial charge in [0.1, 0.15) is 0 Å². The number of aromatic nitrogens is 1. The van der Waals surface area contributed by atoms with Crippen LogP contribution in [0, 0.1) is 0 Å². The minimum atomic E-state index is -0.0260. The van der Waals surface area contributed by atoms with E-state index in [-0.39, 0.29) is 17.4 Å². The monoisotopic (exact) mass is 371 g/mol. The van der Waals surface area contributed by atoms with Crippen molar-refractivity contribution in [3.63, 3.8) is 0 Å². The fraction of sp³-hybridized carbons (Fsp3) is 0.429. The maximum Gasteiger partial charge on any atom is 0.220 e. The van der Waals surface area contributed by atoms with Crippen molar-refractivity contribution in [3.05, 3.63) is 64.9 Å².